The van der Waals surface area contributed by atoms with Crippen molar-refractivity contribution in [1.29, 1.82) is 0 Å². The lowest BCUT2D eigenvalue weighted by molar-refractivity contribution is -0.128. The third kappa shape index (κ3) is 9.47. The van der Waals surface area contributed by atoms with Crippen molar-refractivity contribution in [3.05, 3.63) is 95.1 Å². The van der Waals surface area contributed by atoms with E-state index in [1.807, 2.05) is 60.7 Å². The topological polar surface area (TPSA) is 152 Å². The molecule has 0 radical (unpaired) electrons. The maximum Gasteiger partial charge on any atom is 0.407 e. The van der Waals surface area contributed by atoms with Gasteiger partial charge in [0.15, 0.2) is 0 Å². The van der Waals surface area contributed by atoms with Crippen molar-refractivity contribution < 1.29 is 23.9 Å². The fraction of sp³-hybridized carbons (Fsp3) is 0.368. The van der Waals surface area contributed by atoms with Crippen molar-refractivity contribution in [3.63, 3.8) is 0 Å². The lowest BCUT2D eigenvalue weighted by Gasteiger charge is -2.25. The van der Waals surface area contributed by atoms with Gasteiger partial charge in [0.05, 0.1) is 0 Å². The van der Waals surface area contributed by atoms with Gasteiger partial charge in [0.25, 0.3) is 0 Å². The van der Waals surface area contributed by atoms with E-state index < -0.39 is 36.0 Å². The summed E-state index contributed by atoms with van der Waals surface area (Å²) in [6.07, 6.45) is 3.96. The molecule has 48 heavy (non-hydrogen) atoms. The fourth-order valence-electron chi connectivity index (χ4n) is 5.93. The molecule has 1 aliphatic rings. The van der Waals surface area contributed by atoms with E-state index in [0.29, 0.717) is 12.1 Å². The Morgan fingerprint density at radius 1 is 0.833 bits per heavy atom. The van der Waals surface area contributed by atoms with Gasteiger partial charge < -0.3 is 31.7 Å². The third-order valence-corrected chi connectivity index (χ3v) is 8.63. The van der Waals surface area contributed by atoms with E-state index >= 15 is 0 Å². The van der Waals surface area contributed by atoms with Crippen LogP contribution >= 0.6 is 0 Å². The average molecular weight is 654 g/mol. The van der Waals surface area contributed by atoms with Gasteiger partial charge in [-0.15, -0.1) is 0 Å². The van der Waals surface area contributed by atoms with Gasteiger partial charge in [-0.3, -0.25) is 9.59 Å². The highest BCUT2D eigenvalue weighted by Crippen LogP contribution is 2.44. The zero-order valence-electron chi connectivity index (χ0n) is 28.2. The van der Waals surface area contributed by atoms with E-state index in [4.69, 9.17) is 10.5 Å². The minimum atomic E-state index is -0.961. The van der Waals surface area contributed by atoms with Crippen LogP contribution in [0, 0.1) is 5.92 Å². The molecule has 0 aromatic heterocycles. The Labute approximate surface area is 282 Å². The molecular weight excluding hydrogens is 606 g/mol. The number of ether oxygens (including phenoxy) is 1. The maximum absolute atomic E-state index is 13.6. The van der Waals surface area contributed by atoms with E-state index in [0.717, 1.165) is 40.7 Å². The molecule has 0 aliphatic heterocycles. The molecule has 4 rings (SSSR count). The Kier molecular flexibility index (Phi) is 12.8. The number of nitrogens with one attached hydrogen (secondary N) is 4. The highest BCUT2D eigenvalue weighted by atomic mass is 16.5. The van der Waals surface area contributed by atoms with Gasteiger partial charge in [0.1, 0.15) is 18.7 Å². The normalized spacial score (nSPS) is 13.0. The van der Waals surface area contributed by atoms with E-state index in [1.54, 1.807) is 13.8 Å². The number of nitrogens with two attached hydrogens (primary N) is 1. The van der Waals surface area contributed by atoms with Crippen LogP contribution in [0.1, 0.15) is 76.0 Å². The van der Waals surface area contributed by atoms with Crippen LogP contribution < -0.4 is 27.0 Å². The van der Waals surface area contributed by atoms with Crippen LogP contribution in [-0.2, 0) is 14.3 Å². The number of rotatable bonds is 15. The summed E-state index contributed by atoms with van der Waals surface area (Å²) in [6.45, 7) is 8.19. The molecule has 10 nitrogen and oxygen atoms in total. The Morgan fingerprint density at radius 3 is 2.00 bits per heavy atom. The smallest absolute Gasteiger partial charge is 0.407 e. The first kappa shape index (κ1) is 35.7. The van der Waals surface area contributed by atoms with Crippen molar-refractivity contribution in [1.82, 2.24) is 16.0 Å². The largest absolute Gasteiger partial charge is 0.449 e. The van der Waals surface area contributed by atoms with Crippen molar-refractivity contribution in [2.45, 2.75) is 71.4 Å². The highest BCUT2D eigenvalue weighted by Gasteiger charge is 2.32. The molecule has 0 heterocycles. The van der Waals surface area contributed by atoms with E-state index in [9.17, 15) is 19.2 Å². The molecule has 0 saturated heterocycles. The lowest BCUT2D eigenvalue weighted by atomic mass is 9.98. The number of hydrogen-bond acceptors (Lipinski definition) is 5. The summed E-state index contributed by atoms with van der Waals surface area (Å²) in [4.78, 5) is 51.2. The van der Waals surface area contributed by atoms with E-state index in [-0.39, 0.29) is 31.4 Å². The summed E-state index contributed by atoms with van der Waals surface area (Å²) in [5.74, 6) is -1.37. The number of carbonyl (C=O) groups excluding carboxylic acids is 4. The number of amides is 5. The number of allylic oxidation sites excluding steroid dienone is 1. The first-order valence-corrected chi connectivity index (χ1v) is 16.7. The SMILES string of the molecule is CCC(=Cc1ccc(NC(=O)[C@H](CCCNC(N)=O)NC(=O)[C@@H](NC(=O)OCC2c3ccccc3-c3ccccc32)C(C)C)cc1)CC. The monoisotopic (exact) mass is 653 g/mol. The molecule has 1 aliphatic carbocycles. The Bertz CT molecular complexity index is 1570. The molecule has 10 heteroatoms. The fourth-order valence-corrected chi connectivity index (χ4v) is 5.93. The van der Waals surface area contributed by atoms with Gasteiger partial charge in [0.2, 0.25) is 11.8 Å². The Morgan fingerprint density at radius 2 is 1.44 bits per heavy atom. The van der Waals surface area contributed by atoms with Crippen LogP contribution in [-0.4, -0.2) is 49.2 Å². The van der Waals surface area contributed by atoms with E-state index in [1.165, 1.54) is 5.57 Å². The lowest BCUT2D eigenvalue weighted by Crippen LogP contribution is -2.54. The van der Waals surface area contributed by atoms with Crippen LogP contribution in [0.4, 0.5) is 15.3 Å². The number of primary amides is 1. The quantitative estimate of drug-likeness (QED) is 0.122. The summed E-state index contributed by atoms with van der Waals surface area (Å²) in [5.41, 5.74) is 12.5. The van der Waals surface area contributed by atoms with Crippen molar-refractivity contribution in [2.24, 2.45) is 11.7 Å². The predicted molar refractivity (Wildman–Crippen MR) is 189 cm³/mol. The second-order valence-corrected chi connectivity index (χ2v) is 12.3. The average Bonchev–Trinajstić information content (AvgIpc) is 3.40. The first-order valence-electron chi connectivity index (χ1n) is 16.7. The van der Waals surface area contributed by atoms with Crippen LogP contribution in [0.15, 0.2) is 78.4 Å². The van der Waals surface area contributed by atoms with Crippen molar-refractivity contribution in [3.8, 4) is 11.1 Å². The molecule has 0 spiro atoms. The molecular formula is C38H47N5O5. The number of fused-ring (bicyclic) bond motifs is 3. The second-order valence-electron chi connectivity index (χ2n) is 12.3. The summed E-state index contributed by atoms with van der Waals surface area (Å²) in [5, 5.41) is 10.9. The molecule has 0 unspecified atom stereocenters. The third-order valence-electron chi connectivity index (χ3n) is 8.63. The second kappa shape index (κ2) is 17.2. The van der Waals surface area contributed by atoms with Crippen molar-refractivity contribution >= 4 is 35.7 Å². The molecule has 2 atom stereocenters. The van der Waals surface area contributed by atoms with Crippen LogP contribution in [0.5, 0.6) is 0 Å². The summed E-state index contributed by atoms with van der Waals surface area (Å²) < 4.78 is 5.69. The van der Waals surface area contributed by atoms with Gasteiger partial charge in [0, 0.05) is 18.2 Å². The number of alkyl carbamates (subject to hydrolysis) is 1. The molecule has 254 valence electrons. The van der Waals surface area contributed by atoms with Gasteiger partial charge in [-0.2, -0.15) is 0 Å². The summed E-state index contributed by atoms with van der Waals surface area (Å²) in [7, 11) is 0. The molecule has 0 bridgehead atoms. The zero-order chi connectivity index (χ0) is 34.6. The van der Waals surface area contributed by atoms with Gasteiger partial charge in [-0.25, -0.2) is 9.59 Å². The number of carbonyl (C=O) groups is 4. The highest BCUT2D eigenvalue weighted by molar-refractivity contribution is 5.98. The Hall–Kier alpha value is -5.12. The number of hydrogen-bond donors (Lipinski definition) is 5. The Balaban J connectivity index is 1.40. The molecule has 3 aromatic rings. The molecule has 5 amide bonds. The van der Waals surface area contributed by atoms with Crippen LogP contribution in [0.3, 0.4) is 0 Å². The minimum Gasteiger partial charge on any atom is -0.449 e. The minimum absolute atomic E-state index is 0.108. The predicted octanol–water partition coefficient (Wildman–Crippen LogP) is 6.33. The molecule has 6 N–H and O–H groups in total. The number of benzene rings is 3. The first-order chi connectivity index (χ1) is 23.1. The van der Waals surface area contributed by atoms with Crippen LogP contribution in [0.25, 0.3) is 17.2 Å². The molecule has 0 saturated carbocycles. The van der Waals surface area contributed by atoms with Gasteiger partial charge in [-0.1, -0.05) is 100 Å². The zero-order valence-corrected chi connectivity index (χ0v) is 28.2. The standard InChI is InChI=1S/C38H47N5O5/c1-5-25(6-2)22-26-17-19-27(20-18-26)41-35(44)33(16-11-21-40-37(39)46)42-36(45)34(24(3)4)43-38(47)48-23-32-30-14-9-7-12-28(30)29-13-8-10-15-31(29)32/h7-10,12-15,17-20,22,24,32-34H,5-6,11,16,21,23H2,1-4H3,(H,41,44)(H,42,45)(H,43,47)(H3,39,40,46)/t33-,34-/m0/s1. The number of anilines is 1. The van der Waals surface area contributed by atoms with E-state index in [2.05, 4.69) is 53.3 Å². The number of urea groups is 1. The maximum atomic E-state index is 13.6. The molecule has 0 fully saturated rings. The summed E-state index contributed by atoms with van der Waals surface area (Å²) >= 11 is 0. The van der Waals surface area contributed by atoms with Crippen molar-refractivity contribution in [2.75, 3.05) is 18.5 Å². The molecule has 3 aromatic carbocycles. The van der Waals surface area contributed by atoms with Gasteiger partial charge >= 0.3 is 12.1 Å². The summed E-state index contributed by atoms with van der Waals surface area (Å²) in [6, 6.07) is 21.0. The van der Waals surface area contributed by atoms with Gasteiger partial charge in [-0.05, 0) is 71.6 Å². The van der Waals surface area contributed by atoms with Crippen LogP contribution in [0.2, 0.25) is 0 Å².